The van der Waals surface area contributed by atoms with Crippen molar-refractivity contribution in [3.8, 4) is 23.3 Å². The molecule has 5 aromatic rings. The van der Waals surface area contributed by atoms with Crippen LogP contribution in [0.3, 0.4) is 0 Å². The molecule has 0 unspecified atom stereocenters. The van der Waals surface area contributed by atoms with Crippen molar-refractivity contribution >= 4 is 23.1 Å². The van der Waals surface area contributed by atoms with Crippen LogP contribution in [0.5, 0.6) is 5.75 Å². The van der Waals surface area contributed by atoms with E-state index in [9.17, 15) is 9.90 Å². The molecule has 0 aliphatic carbocycles. The Balaban J connectivity index is 1.55. The van der Waals surface area contributed by atoms with Crippen LogP contribution in [-0.2, 0) is 5.41 Å². The maximum absolute atomic E-state index is 13.7. The van der Waals surface area contributed by atoms with E-state index in [0.29, 0.717) is 16.7 Å². The summed E-state index contributed by atoms with van der Waals surface area (Å²) in [6, 6.07) is 28.5. The Hall–Kier alpha value is -4.88. The van der Waals surface area contributed by atoms with Gasteiger partial charge in [-0.15, -0.1) is 0 Å². The fraction of sp³-hybridized carbons (Fsp3) is 0.143. The first-order chi connectivity index (χ1) is 18.7. The third-order valence-electron chi connectivity index (χ3n) is 6.64. The summed E-state index contributed by atoms with van der Waals surface area (Å²) in [5.74, 6) is 7.19. The van der Waals surface area contributed by atoms with Crippen LogP contribution < -0.4 is 5.56 Å². The SMILES string of the molecule is Cc1cc(C#Cc2ccc(C(C)(C)C)cc2)ccc1-n1c(/C=C/c2cccc(O)c2)nc2ccccc2c1=O. The molecule has 4 heteroatoms. The van der Waals surface area contributed by atoms with Gasteiger partial charge in [-0.1, -0.05) is 75.1 Å². The molecule has 0 radical (unpaired) electrons. The monoisotopic (exact) mass is 510 g/mol. The van der Waals surface area contributed by atoms with Gasteiger partial charge in [-0.3, -0.25) is 9.36 Å². The van der Waals surface area contributed by atoms with Crippen molar-refractivity contribution in [1.82, 2.24) is 9.55 Å². The number of rotatable bonds is 3. The normalized spacial score (nSPS) is 11.5. The van der Waals surface area contributed by atoms with Crippen molar-refractivity contribution in [3.05, 3.63) is 135 Å². The Kier molecular flexibility index (Phi) is 6.92. The summed E-state index contributed by atoms with van der Waals surface area (Å²) in [4.78, 5) is 18.5. The van der Waals surface area contributed by atoms with Gasteiger partial charge in [0.15, 0.2) is 0 Å². The summed E-state index contributed by atoms with van der Waals surface area (Å²) in [6.07, 6.45) is 3.64. The molecular formula is C35H30N2O2. The van der Waals surface area contributed by atoms with Crippen molar-refractivity contribution in [2.24, 2.45) is 0 Å². The molecule has 0 saturated carbocycles. The highest BCUT2D eigenvalue weighted by Crippen LogP contribution is 2.23. The van der Waals surface area contributed by atoms with Gasteiger partial charge in [-0.25, -0.2) is 4.98 Å². The Morgan fingerprint density at radius 2 is 1.54 bits per heavy atom. The summed E-state index contributed by atoms with van der Waals surface area (Å²) in [7, 11) is 0. The number of phenolic OH excluding ortho intramolecular Hbond substituents is 1. The maximum atomic E-state index is 13.7. The fourth-order valence-electron chi connectivity index (χ4n) is 4.48. The molecule has 5 rings (SSSR count). The summed E-state index contributed by atoms with van der Waals surface area (Å²) in [5.41, 5.74) is 6.16. The van der Waals surface area contributed by atoms with Gasteiger partial charge in [0, 0.05) is 11.1 Å². The number of hydrogen-bond acceptors (Lipinski definition) is 3. The van der Waals surface area contributed by atoms with E-state index in [0.717, 1.165) is 27.9 Å². The molecular weight excluding hydrogens is 480 g/mol. The third-order valence-corrected chi connectivity index (χ3v) is 6.64. The van der Waals surface area contributed by atoms with Crippen LogP contribution in [0.15, 0.2) is 95.8 Å². The minimum Gasteiger partial charge on any atom is -0.508 e. The number of aryl methyl sites for hydroxylation is 1. The molecule has 1 N–H and O–H groups in total. The standard InChI is InChI=1S/C35H30N2O2/c1-24-22-27(13-12-25-14-18-28(19-15-25)35(2,3)4)16-20-32(24)37-33(21-17-26-8-7-9-29(38)23-26)36-31-11-6-5-10-30(31)34(37)39/h5-11,14-23,38H,1-4H3/b21-17+. The molecule has 4 aromatic carbocycles. The average Bonchev–Trinajstić information content (AvgIpc) is 2.91. The van der Waals surface area contributed by atoms with E-state index in [1.165, 1.54) is 5.56 Å². The van der Waals surface area contributed by atoms with E-state index in [1.54, 1.807) is 34.9 Å². The van der Waals surface area contributed by atoms with E-state index in [-0.39, 0.29) is 16.7 Å². The van der Waals surface area contributed by atoms with E-state index in [4.69, 9.17) is 4.98 Å². The van der Waals surface area contributed by atoms with Gasteiger partial charge >= 0.3 is 0 Å². The highest BCUT2D eigenvalue weighted by atomic mass is 16.3. The first kappa shape index (κ1) is 25.8. The van der Waals surface area contributed by atoms with Crippen molar-refractivity contribution in [1.29, 1.82) is 0 Å². The number of nitrogens with zero attached hydrogens (tertiary/aromatic N) is 2. The summed E-state index contributed by atoms with van der Waals surface area (Å²) >= 11 is 0. The van der Waals surface area contributed by atoms with Gasteiger partial charge in [0.25, 0.3) is 5.56 Å². The number of hydrogen-bond donors (Lipinski definition) is 1. The van der Waals surface area contributed by atoms with Gasteiger partial charge in [0.1, 0.15) is 11.6 Å². The van der Waals surface area contributed by atoms with Crippen LogP contribution in [0.1, 0.15) is 54.4 Å². The smallest absolute Gasteiger partial charge is 0.266 e. The zero-order valence-corrected chi connectivity index (χ0v) is 22.6. The highest BCUT2D eigenvalue weighted by molar-refractivity contribution is 5.80. The fourth-order valence-corrected chi connectivity index (χ4v) is 4.48. The topological polar surface area (TPSA) is 55.1 Å². The van der Waals surface area contributed by atoms with Gasteiger partial charge < -0.3 is 5.11 Å². The van der Waals surface area contributed by atoms with Gasteiger partial charge in [0.05, 0.1) is 16.6 Å². The molecule has 0 amide bonds. The summed E-state index contributed by atoms with van der Waals surface area (Å²) in [5, 5.41) is 10.4. The second-order valence-electron chi connectivity index (χ2n) is 10.6. The molecule has 0 atom stereocenters. The molecule has 4 nitrogen and oxygen atoms in total. The molecule has 192 valence electrons. The van der Waals surface area contributed by atoms with Gasteiger partial charge in [-0.05, 0) is 89.7 Å². The van der Waals surface area contributed by atoms with E-state index < -0.39 is 0 Å². The van der Waals surface area contributed by atoms with E-state index in [1.807, 2.05) is 55.5 Å². The van der Waals surface area contributed by atoms with Crippen LogP contribution in [0, 0.1) is 18.8 Å². The predicted molar refractivity (Wildman–Crippen MR) is 160 cm³/mol. The molecule has 0 spiro atoms. The van der Waals surface area contributed by atoms with E-state index in [2.05, 4.69) is 56.9 Å². The Labute approximate surface area is 228 Å². The quantitative estimate of drug-likeness (QED) is 0.260. The zero-order valence-electron chi connectivity index (χ0n) is 22.6. The summed E-state index contributed by atoms with van der Waals surface area (Å²) in [6.45, 7) is 8.56. The number of aromatic nitrogens is 2. The number of phenols is 1. The lowest BCUT2D eigenvalue weighted by atomic mass is 9.87. The number of para-hydroxylation sites is 1. The first-order valence-corrected chi connectivity index (χ1v) is 12.9. The lowest BCUT2D eigenvalue weighted by Gasteiger charge is -2.18. The maximum Gasteiger partial charge on any atom is 0.266 e. The largest absolute Gasteiger partial charge is 0.508 e. The minimum atomic E-state index is -0.142. The molecule has 1 heterocycles. The van der Waals surface area contributed by atoms with Crippen LogP contribution in [0.2, 0.25) is 0 Å². The first-order valence-electron chi connectivity index (χ1n) is 12.9. The molecule has 0 bridgehead atoms. The van der Waals surface area contributed by atoms with Crippen molar-refractivity contribution < 1.29 is 5.11 Å². The second kappa shape index (κ2) is 10.5. The molecule has 0 aliphatic rings. The Morgan fingerprint density at radius 1 is 0.821 bits per heavy atom. The van der Waals surface area contributed by atoms with Crippen molar-refractivity contribution in [2.75, 3.05) is 0 Å². The van der Waals surface area contributed by atoms with Crippen LogP contribution in [0.4, 0.5) is 0 Å². The second-order valence-corrected chi connectivity index (χ2v) is 10.6. The number of fused-ring (bicyclic) bond motifs is 1. The molecule has 0 fully saturated rings. The third kappa shape index (κ3) is 5.68. The number of aromatic hydroxyl groups is 1. The van der Waals surface area contributed by atoms with Gasteiger partial charge in [0.2, 0.25) is 0 Å². The van der Waals surface area contributed by atoms with Gasteiger partial charge in [-0.2, -0.15) is 0 Å². The predicted octanol–water partition coefficient (Wildman–Crippen LogP) is 7.27. The van der Waals surface area contributed by atoms with Crippen molar-refractivity contribution in [2.45, 2.75) is 33.1 Å². The Morgan fingerprint density at radius 3 is 2.26 bits per heavy atom. The van der Waals surface area contributed by atoms with E-state index >= 15 is 0 Å². The lowest BCUT2D eigenvalue weighted by Crippen LogP contribution is -2.23. The van der Waals surface area contributed by atoms with Crippen LogP contribution in [0.25, 0.3) is 28.7 Å². The Bertz CT molecular complexity index is 1830. The molecule has 0 saturated heterocycles. The van der Waals surface area contributed by atoms with Crippen molar-refractivity contribution in [3.63, 3.8) is 0 Å². The average molecular weight is 511 g/mol. The molecule has 39 heavy (non-hydrogen) atoms. The van der Waals surface area contributed by atoms with Crippen LogP contribution in [-0.4, -0.2) is 14.7 Å². The number of benzene rings is 4. The molecule has 0 aliphatic heterocycles. The van der Waals surface area contributed by atoms with Crippen LogP contribution >= 0.6 is 0 Å². The minimum absolute atomic E-state index is 0.103. The highest BCUT2D eigenvalue weighted by Gasteiger charge is 2.14. The lowest BCUT2D eigenvalue weighted by molar-refractivity contribution is 0.475. The zero-order chi connectivity index (χ0) is 27.6. The molecule has 1 aromatic heterocycles. The summed E-state index contributed by atoms with van der Waals surface area (Å²) < 4.78 is 1.64.